The van der Waals surface area contributed by atoms with Gasteiger partial charge in [0.25, 0.3) is 5.91 Å². The van der Waals surface area contributed by atoms with Crippen molar-refractivity contribution in [2.24, 2.45) is 0 Å². The van der Waals surface area contributed by atoms with Crippen LogP contribution in [0.1, 0.15) is 61.9 Å². The molecule has 1 aromatic heterocycles. The van der Waals surface area contributed by atoms with E-state index in [-0.39, 0.29) is 71.3 Å². The van der Waals surface area contributed by atoms with Crippen LogP contribution in [0.2, 0.25) is 0 Å². The molecule has 0 saturated carbocycles. The van der Waals surface area contributed by atoms with E-state index in [1.54, 1.807) is 34.9 Å². The molecule has 42 heavy (non-hydrogen) atoms. The molecule has 0 unspecified atom stereocenters. The van der Waals surface area contributed by atoms with Crippen LogP contribution in [0.5, 0.6) is 0 Å². The van der Waals surface area contributed by atoms with E-state index in [1.165, 1.54) is 24.3 Å². The third-order valence-electron chi connectivity index (χ3n) is 6.61. The first-order valence-electron chi connectivity index (χ1n) is 15.7. The Labute approximate surface area is 274 Å². The van der Waals surface area contributed by atoms with E-state index in [0.717, 1.165) is 0 Å². The maximum atomic E-state index is 14.2. The van der Waals surface area contributed by atoms with Crippen molar-refractivity contribution in [1.29, 1.82) is 0 Å². The molecular weight excluding hydrogens is 546 g/mol. The Morgan fingerprint density at radius 3 is 2.21 bits per heavy atom. The molecule has 3 aromatic carbocycles. The Balaban J connectivity index is 0.00000600. The molecule has 0 aliphatic heterocycles. The van der Waals surface area contributed by atoms with Gasteiger partial charge in [-0.2, -0.15) is 0 Å². The largest absolute Gasteiger partial charge is 1.00 e. The molecule has 0 radical (unpaired) electrons. The first kappa shape index (κ1) is 26.4. The minimum Gasteiger partial charge on any atom is -0.550 e. The van der Waals surface area contributed by atoms with Crippen LogP contribution >= 0.6 is 0 Å². The topological polar surface area (TPSA) is 115 Å². The standard InChI is InChI=1S/C33H35FN2O5.Na/c1-21(2)31-30(33(41)35-25-11-7-4-8-12-25)29(22-9-5-3-6-10-22)32(23-13-15-24(34)16-14-23)36(31)18-17-26(37)19-27(38)20-28(39)40;/h3-16,21,26-27,37-38H,17-20H2,1-2H3,(H,35,41)(H,39,40);/q;+1/p-1/t26-,27-;/m0./s1/i3D,5D,6D,9D,10D;. The number of aliphatic hydroxyl groups excluding tert-OH is 2. The number of aliphatic hydroxyl groups is 2. The van der Waals surface area contributed by atoms with Crippen LogP contribution in [0.15, 0.2) is 84.8 Å². The van der Waals surface area contributed by atoms with E-state index in [9.17, 15) is 29.3 Å². The summed E-state index contributed by atoms with van der Waals surface area (Å²) in [7, 11) is 0. The Morgan fingerprint density at radius 1 is 0.976 bits per heavy atom. The minimum absolute atomic E-state index is 0. The van der Waals surface area contributed by atoms with Gasteiger partial charge in [-0.1, -0.05) is 62.3 Å². The number of benzene rings is 3. The first-order valence-corrected chi connectivity index (χ1v) is 13.2. The van der Waals surface area contributed by atoms with Crippen LogP contribution in [-0.4, -0.2) is 38.9 Å². The molecule has 0 spiro atoms. The average molecular weight is 586 g/mol. The van der Waals surface area contributed by atoms with Crippen molar-refractivity contribution in [2.45, 2.75) is 57.8 Å². The molecule has 0 fully saturated rings. The number of aliphatic carboxylic acids is 1. The van der Waals surface area contributed by atoms with Gasteiger partial charge in [0.2, 0.25) is 0 Å². The maximum absolute atomic E-state index is 14.2. The molecule has 4 aromatic rings. The summed E-state index contributed by atoms with van der Waals surface area (Å²) in [6.45, 7) is 3.63. The first-order chi connectivity index (χ1) is 21.7. The van der Waals surface area contributed by atoms with Crippen molar-refractivity contribution in [3.63, 3.8) is 0 Å². The van der Waals surface area contributed by atoms with E-state index < -0.39 is 72.5 Å². The number of carbonyl (C=O) groups excluding carboxylic acids is 2. The number of aromatic nitrogens is 1. The van der Waals surface area contributed by atoms with Gasteiger partial charge < -0.3 is 30.0 Å². The van der Waals surface area contributed by atoms with Crippen LogP contribution < -0.4 is 40.0 Å². The number of hydrogen-bond acceptors (Lipinski definition) is 5. The van der Waals surface area contributed by atoms with Crippen LogP contribution in [0.3, 0.4) is 0 Å². The number of nitrogens with zero attached hydrogens (tertiary/aromatic N) is 1. The van der Waals surface area contributed by atoms with E-state index in [0.29, 0.717) is 16.9 Å². The fraction of sp³-hybridized carbons (Fsp3) is 0.273. The van der Waals surface area contributed by atoms with Gasteiger partial charge in [0.15, 0.2) is 0 Å². The number of carboxylic acids is 1. The summed E-state index contributed by atoms with van der Waals surface area (Å²) >= 11 is 0. The predicted octanol–water partition coefficient (Wildman–Crippen LogP) is 1.98. The minimum atomic E-state index is -1.47. The van der Waals surface area contributed by atoms with E-state index in [2.05, 4.69) is 5.32 Å². The average Bonchev–Trinajstić information content (AvgIpc) is 3.33. The van der Waals surface area contributed by atoms with Crippen molar-refractivity contribution < 1.29 is 65.7 Å². The van der Waals surface area contributed by atoms with Crippen molar-refractivity contribution in [2.75, 3.05) is 5.32 Å². The second-order valence-corrected chi connectivity index (χ2v) is 10.0. The van der Waals surface area contributed by atoms with Crippen LogP contribution in [-0.2, 0) is 11.3 Å². The SMILES string of the molecule is [2H]c1c([2H])c([2H])c(-c2c(C(=O)Nc3ccccc3)c(C(C)C)n(CC[C@H](O)C[C@H](O)CC(=O)[O-])c2-c2ccc(F)cc2)c([2H])c1[2H].[Na+]. The fourth-order valence-electron chi connectivity index (χ4n) is 4.93. The number of carboxylic acid groups (broad SMARTS) is 1. The van der Waals surface area contributed by atoms with Gasteiger partial charge in [-0.25, -0.2) is 4.39 Å². The van der Waals surface area contributed by atoms with Crippen LogP contribution in [0.4, 0.5) is 10.1 Å². The Bertz CT molecular complexity index is 1720. The molecule has 1 amide bonds. The molecule has 7 nitrogen and oxygen atoms in total. The number of carbonyl (C=O) groups is 2. The van der Waals surface area contributed by atoms with Gasteiger partial charge in [-0.3, -0.25) is 4.79 Å². The zero-order valence-electron chi connectivity index (χ0n) is 28.7. The molecule has 9 heteroatoms. The second kappa shape index (κ2) is 15.3. The summed E-state index contributed by atoms with van der Waals surface area (Å²) in [5.74, 6) is -3.03. The second-order valence-electron chi connectivity index (χ2n) is 10.0. The van der Waals surface area contributed by atoms with Gasteiger partial charge in [-0.05, 0) is 66.3 Å². The number of anilines is 1. The summed E-state index contributed by atoms with van der Waals surface area (Å²) in [5.41, 5.74) is 1.32. The summed E-state index contributed by atoms with van der Waals surface area (Å²) in [6.07, 6.45) is -3.49. The van der Waals surface area contributed by atoms with Crippen molar-refractivity contribution in [3.8, 4) is 22.4 Å². The third kappa shape index (κ3) is 8.18. The van der Waals surface area contributed by atoms with Crippen molar-refractivity contribution in [3.05, 3.63) is 102 Å². The predicted molar refractivity (Wildman–Crippen MR) is 155 cm³/mol. The number of para-hydroxylation sites is 1. The normalized spacial score (nSPS) is 14.1. The third-order valence-corrected chi connectivity index (χ3v) is 6.61. The Kier molecular flexibility index (Phi) is 9.59. The van der Waals surface area contributed by atoms with E-state index >= 15 is 0 Å². The molecule has 2 atom stereocenters. The molecule has 3 N–H and O–H groups in total. The molecule has 4 rings (SSSR count). The van der Waals surface area contributed by atoms with Gasteiger partial charge in [0.05, 0.1) is 30.3 Å². The monoisotopic (exact) mass is 585 g/mol. The van der Waals surface area contributed by atoms with Crippen molar-refractivity contribution in [1.82, 2.24) is 4.57 Å². The van der Waals surface area contributed by atoms with E-state index in [1.807, 2.05) is 13.8 Å². The molecule has 0 bridgehead atoms. The molecule has 214 valence electrons. The molecular formula is C33H34FN2NaO5. The van der Waals surface area contributed by atoms with Crippen LogP contribution in [0, 0.1) is 5.82 Å². The zero-order chi connectivity index (χ0) is 33.9. The van der Waals surface area contributed by atoms with Gasteiger partial charge >= 0.3 is 29.6 Å². The number of rotatable bonds is 12. The number of amides is 1. The fourth-order valence-corrected chi connectivity index (χ4v) is 4.93. The van der Waals surface area contributed by atoms with Gasteiger partial charge in [-0.15, -0.1) is 0 Å². The quantitative estimate of drug-likeness (QED) is 0.220. The van der Waals surface area contributed by atoms with E-state index in [4.69, 9.17) is 6.85 Å². The number of nitrogens with one attached hydrogen (secondary N) is 1. The molecule has 0 aliphatic carbocycles. The number of hydrogen-bond donors (Lipinski definition) is 3. The summed E-state index contributed by atoms with van der Waals surface area (Å²) < 4.78 is 58.4. The smallest absolute Gasteiger partial charge is 0.550 e. The maximum Gasteiger partial charge on any atom is 1.00 e. The van der Waals surface area contributed by atoms with Crippen molar-refractivity contribution >= 4 is 17.6 Å². The summed E-state index contributed by atoms with van der Waals surface area (Å²) in [4.78, 5) is 25.2. The Morgan fingerprint density at radius 2 is 1.62 bits per heavy atom. The summed E-state index contributed by atoms with van der Waals surface area (Å²) in [6, 6.07) is 10.9. The Hall–Kier alpha value is -3.27. The van der Waals surface area contributed by atoms with Gasteiger partial charge in [0.1, 0.15) is 5.82 Å². The molecule has 0 saturated heterocycles. The van der Waals surface area contributed by atoms with Crippen LogP contribution in [0.25, 0.3) is 22.4 Å². The molecule has 0 aliphatic rings. The number of halogens is 1. The van der Waals surface area contributed by atoms with Gasteiger partial charge in [0, 0.05) is 35.9 Å². The zero-order valence-corrected chi connectivity index (χ0v) is 25.7. The summed E-state index contributed by atoms with van der Waals surface area (Å²) in [5, 5.41) is 34.6. The molecule has 1 heterocycles.